The molecule has 266 valence electrons. The van der Waals surface area contributed by atoms with Gasteiger partial charge in [-0.3, -0.25) is 0 Å². The second-order valence-electron chi connectivity index (χ2n) is 18.8. The average Bonchev–Trinajstić information content (AvgIpc) is 3.75. The molecule has 0 nitrogen and oxygen atoms in total. The van der Waals surface area contributed by atoms with Crippen molar-refractivity contribution in [2.45, 2.75) is 71.1 Å². The molecule has 54 heavy (non-hydrogen) atoms. The van der Waals surface area contributed by atoms with Crippen molar-refractivity contribution in [3.63, 3.8) is 0 Å². The number of allylic oxidation sites excluding steroid dienone is 24. The molecule has 10 aliphatic carbocycles. The van der Waals surface area contributed by atoms with Gasteiger partial charge in [0.15, 0.2) is 0 Å². The topological polar surface area (TPSA) is 0 Å². The summed E-state index contributed by atoms with van der Waals surface area (Å²) in [5.41, 5.74) is 23.4. The van der Waals surface area contributed by atoms with E-state index in [0.29, 0.717) is 41.4 Å². The molecular formula is C54H50. The standard InChI is InChI=1S/C54H50/c1-53(2)46-23-12-11-18-37(46)38-25-24-31(28-47(38)53)44-29-48-51(41-19-9-7-16-34(41)44)52-42-20-10-8-17-35(42)45(30-49(52)54(48,3)4)36-26-27-43-33-15-6-5-14-32(33)39-21-13-22-40(36)50(39)43/h5-8,10-14,16-18,20-23,25-26,28-31,33-35,41-43H,9,15,19,24,27H2,1-4H3. The molecule has 0 heterocycles. The van der Waals surface area contributed by atoms with Crippen LogP contribution in [-0.4, -0.2) is 0 Å². The summed E-state index contributed by atoms with van der Waals surface area (Å²) in [5.74, 6) is 3.41. The van der Waals surface area contributed by atoms with Crippen LogP contribution < -0.4 is 0 Å². The SMILES string of the molecule is CC1(C)C2=C(C3=C1C=C(C1C=C4C(=CC1)c1ccccc1C4(C)C)C1C=CCCC31)C1C=CC=CC1C(C1=CCC3c4c1cccc4C1=CC=CCC13)=C2. The first-order valence-corrected chi connectivity index (χ1v) is 21.0. The highest BCUT2D eigenvalue weighted by Crippen LogP contribution is 2.64. The Morgan fingerprint density at radius 2 is 1.39 bits per heavy atom. The Hall–Kier alpha value is -4.68. The molecule has 10 aliphatic rings. The van der Waals surface area contributed by atoms with E-state index < -0.39 is 0 Å². The van der Waals surface area contributed by atoms with Gasteiger partial charge < -0.3 is 0 Å². The Labute approximate surface area is 321 Å². The third kappa shape index (κ3) is 4.00. The van der Waals surface area contributed by atoms with Crippen LogP contribution in [0.1, 0.15) is 93.5 Å². The lowest BCUT2D eigenvalue weighted by atomic mass is 9.62. The van der Waals surface area contributed by atoms with Crippen LogP contribution in [-0.2, 0) is 5.41 Å². The van der Waals surface area contributed by atoms with E-state index in [2.05, 4.69) is 155 Å². The summed E-state index contributed by atoms with van der Waals surface area (Å²) in [7, 11) is 0. The fourth-order valence-electron chi connectivity index (χ4n) is 13.2. The second kappa shape index (κ2) is 11.0. The molecule has 7 unspecified atom stereocenters. The van der Waals surface area contributed by atoms with Gasteiger partial charge in [0.1, 0.15) is 0 Å². The predicted molar refractivity (Wildman–Crippen MR) is 225 cm³/mol. The average molecular weight is 699 g/mol. The summed E-state index contributed by atoms with van der Waals surface area (Å²) >= 11 is 0. The van der Waals surface area contributed by atoms with E-state index in [0.717, 1.165) is 12.8 Å². The van der Waals surface area contributed by atoms with Crippen LogP contribution in [0.2, 0.25) is 0 Å². The summed E-state index contributed by atoms with van der Waals surface area (Å²) in [5, 5.41) is 0. The highest BCUT2D eigenvalue weighted by Gasteiger charge is 2.52. The number of fused-ring (bicyclic) bond motifs is 11. The van der Waals surface area contributed by atoms with E-state index in [1.807, 2.05) is 0 Å². The minimum atomic E-state index is -0.0548. The molecule has 7 atom stereocenters. The van der Waals surface area contributed by atoms with Gasteiger partial charge in [0.25, 0.3) is 0 Å². The molecule has 0 fully saturated rings. The van der Waals surface area contributed by atoms with Gasteiger partial charge >= 0.3 is 0 Å². The smallest absolute Gasteiger partial charge is 0.0155 e. The first-order valence-electron chi connectivity index (χ1n) is 21.0. The van der Waals surface area contributed by atoms with Gasteiger partial charge in [-0.15, -0.1) is 0 Å². The van der Waals surface area contributed by atoms with Crippen molar-refractivity contribution in [1.29, 1.82) is 0 Å². The predicted octanol–water partition coefficient (Wildman–Crippen LogP) is 13.3. The largest absolute Gasteiger partial charge is 0.0879 e. The van der Waals surface area contributed by atoms with Crippen molar-refractivity contribution < 1.29 is 0 Å². The van der Waals surface area contributed by atoms with Gasteiger partial charge in [0.2, 0.25) is 0 Å². The Morgan fingerprint density at radius 3 is 2.30 bits per heavy atom. The Morgan fingerprint density at radius 1 is 0.593 bits per heavy atom. The van der Waals surface area contributed by atoms with Crippen LogP contribution >= 0.6 is 0 Å². The highest BCUT2D eigenvalue weighted by atomic mass is 14.5. The van der Waals surface area contributed by atoms with Crippen LogP contribution in [0.15, 0.2) is 167 Å². The molecule has 0 heteroatoms. The molecule has 2 aromatic rings. The van der Waals surface area contributed by atoms with Crippen LogP contribution in [0.5, 0.6) is 0 Å². The van der Waals surface area contributed by atoms with E-state index in [4.69, 9.17) is 0 Å². The van der Waals surface area contributed by atoms with E-state index in [1.54, 1.807) is 44.6 Å². The van der Waals surface area contributed by atoms with E-state index in [1.165, 1.54) is 58.2 Å². The van der Waals surface area contributed by atoms with Crippen LogP contribution in [0.4, 0.5) is 0 Å². The number of hydrogen-bond donors (Lipinski definition) is 0. The zero-order valence-electron chi connectivity index (χ0n) is 32.2. The normalized spacial score (nSPS) is 33.5. The molecule has 0 amide bonds. The van der Waals surface area contributed by atoms with Crippen LogP contribution in [0.25, 0.3) is 16.7 Å². The number of rotatable bonds is 2. The molecule has 0 saturated heterocycles. The first-order chi connectivity index (χ1) is 26.3. The minimum absolute atomic E-state index is 0.0331. The summed E-state index contributed by atoms with van der Waals surface area (Å²) in [6.07, 6.45) is 41.2. The third-order valence-corrected chi connectivity index (χ3v) is 15.7. The maximum atomic E-state index is 2.74. The van der Waals surface area contributed by atoms with Crippen molar-refractivity contribution in [3.8, 4) is 0 Å². The van der Waals surface area contributed by atoms with Crippen molar-refractivity contribution in [3.05, 3.63) is 194 Å². The van der Waals surface area contributed by atoms with Gasteiger partial charge in [0, 0.05) is 34.5 Å². The van der Waals surface area contributed by atoms with Crippen LogP contribution in [0.3, 0.4) is 0 Å². The summed E-state index contributed by atoms with van der Waals surface area (Å²) in [6, 6.07) is 16.3. The molecule has 0 saturated carbocycles. The van der Waals surface area contributed by atoms with Gasteiger partial charge in [-0.25, -0.2) is 0 Å². The fraction of sp³-hybridized carbons (Fsp3) is 0.333. The lowest BCUT2D eigenvalue weighted by molar-refractivity contribution is 0.412. The van der Waals surface area contributed by atoms with Gasteiger partial charge in [-0.05, 0) is 128 Å². The summed E-state index contributed by atoms with van der Waals surface area (Å²) in [4.78, 5) is 0. The van der Waals surface area contributed by atoms with Crippen molar-refractivity contribution >= 4 is 16.7 Å². The maximum absolute atomic E-state index is 2.74. The first kappa shape index (κ1) is 31.6. The minimum Gasteiger partial charge on any atom is -0.0879 e. The molecular weight excluding hydrogens is 649 g/mol. The van der Waals surface area contributed by atoms with Crippen molar-refractivity contribution in [2.24, 2.45) is 40.9 Å². The lowest BCUT2D eigenvalue weighted by Gasteiger charge is -2.42. The molecule has 2 aromatic carbocycles. The quantitative estimate of drug-likeness (QED) is 0.274. The van der Waals surface area contributed by atoms with Crippen molar-refractivity contribution in [1.82, 2.24) is 0 Å². The summed E-state index contributed by atoms with van der Waals surface area (Å²) < 4.78 is 0. The summed E-state index contributed by atoms with van der Waals surface area (Å²) in [6.45, 7) is 9.99. The second-order valence-corrected chi connectivity index (χ2v) is 18.8. The van der Waals surface area contributed by atoms with Gasteiger partial charge in [-0.2, -0.15) is 0 Å². The molecule has 0 N–H and O–H groups in total. The molecule has 12 rings (SSSR count). The molecule has 0 aromatic heterocycles. The number of hydrogen-bond acceptors (Lipinski definition) is 0. The maximum Gasteiger partial charge on any atom is 0.0155 e. The molecule has 0 aliphatic heterocycles. The Bertz CT molecular complexity index is 2490. The zero-order valence-corrected chi connectivity index (χ0v) is 32.2. The fourth-order valence-corrected chi connectivity index (χ4v) is 13.2. The molecule has 0 radical (unpaired) electrons. The van der Waals surface area contributed by atoms with Gasteiger partial charge in [0.05, 0.1) is 0 Å². The van der Waals surface area contributed by atoms with Crippen LogP contribution in [0, 0.1) is 40.9 Å². The zero-order chi connectivity index (χ0) is 36.1. The van der Waals surface area contributed by atoms with E-state index >= 15 is 0 Å². The Kier molecular flexibility index (Phi) is 6.43. The van der Waals surface area contributed by atoms with E-state index in [9.17, 15) is 0 Å². The highest BCUT2D eigenvalue weighted by molar-refractivity contribution is 5.92. The Balaban J connectivity index is 0.988. The lowest BCUT2D eigenvalue weighted by Crippen LogP contribution is -2.31. The monoisotopic (exact) mass is 698 g/mol. The molecule has 0 bridgehead atoms. The van der Waals surface area contributed by atoms with Gasteiger partial charge in [-0.1, -0.05) is 161 Å². The third-order valence-electron chi connectivity index (χ3n) is 15.7. The van der Waals surface area contributed by atoms with E-state index in [-0.39, 0.29) is 10.8 Å². The number of benzene rings is 2. The molecule has 0 spiro atoms. The van der Waals surface area contributed by atoms with Crippen molar-refractivity contribution in [2.75, 3.05) is 0 Å².